The summed E-state index contributed by atoms with van der Waals surface area (Å²) in [6.45, 7) is 15.5. The molecule has 0 saturated carbocycles. The van der Waals surface area contributed by atoms with Crippen LogP contribution >= 0.6 is 0 Å². The predicted octanol–water partition coefficient (Wildman–Crippen LogP) is 5.18. The summed E-state index contributed by atoms with van der Waals surface area (Å²) in [6, 6.07) is 5.05. The van der Waals surface area contributed by atoms with E-state index in [2.05, 4.69) is 65.3 Å². The fourth-order valence-electron chi connectivity index (χ4n) is 3.05. The fraction of sp³-hybridized carbons (Fsp3) is 0.526. The Morgan fingerprint density at radius 1 is 1.00 bits per heavy atom. The van der Waals surface area contributed by atoms with E-state index < -0.39 is 0 Å². The zero-order valence-electron chi connectivity index (χ0n) is 14.9. The molecular weight excluding hydrogens is 363 g/mol. The van der Waals surface area contributed by atoms with E-state index in [-0.39, 0.29) is 20.4 Å². The molecule has 0 atom stereocenters. The van der Waals surface area contributed by atoms with E-state index in [0.29, 0.717) is 6.04 Å². The number of hydrogen-bond acceptors (Lipinski definition) is 1. The topological polar surface area (TPSA) is 17.8 Å². The van der Waals surface area contributed by atoms with Gasteiger partial charge in [0, 0.05) is 37.7 Å². The molecule has 2 aromatic rings. The van der Waals surface area contributed by atoms with Gasteiger partial charge in [0.15, 0.2) is 0 Å². The second-order valence-corrected chi connectivity index (χ2v) is 6.25. The number of aryl methyl sites for hydroxylation is 3. The number of aromatic nitrogens is 2. The second kappa shape index (κ2) is 7.58. The van der Waals surface area contributed by atoms with Gasteiger partial charge in [0.25, 0.3) is 0 Å². The van der Waals surface area contributed by atoms with Crippen LogP contribution in [0.1, 0.15) is 61.8 Å². The molecule has 0 unspecified atom stereocenters. The van der Waals surface area contributed by atoms with Gasteiger partial charge in [-0.05, 0) is 69.7 Å². The maximum Gasteiger partial charge on any atom is 0.0703 e. The van der Waals surface area contributed by atoms with Crippen molar-refractivity contribution >= 4 is 0 Å². The maximum absolute atomic E-state index is 4.87. The van der Waals surface area contributed by atoms with E-state index in [0.717, 1.165) is 12.8 Å². The molecule has 2 rings (SSSR count). The van der Waals surface area contributed by atoms with Crippen molar-refractivity contribution in [2.45, 2.75) is 67.3 Å². The van der Waals surface area contributed by atoms with Crippen LogP contribution in [0.2, 0.25) is 0 Å². The van der Waals surface area contributed by atoms with Crippen molar-refractivity contribution in [3.63, 3.8) is 0 Å². The van der Waals surface area contributed by atoms with Gasteiger partial charge in [0.2, 0.25) is 0 Å². The number of hydrogen-bond donors (Lipinski definition) is 0. The molecule has 3 heteroatoms. The van der Waals surface area contributed by atoms with Crippen molar-refractivity contribution < 1.29 is 20.4 Å². The van der Waals surface area contributed by atoms with Crippen LogP contribution in [0.25, 0.3) is 11.1 Å². The second-order valence-electron chi connectivity index (χ2n) is 6.25. The van der Waals surface area contributed by atoms with Crippen molar-refractivity contribution in [3.8, 4) is 11.1 Å². The Kier molecular flexibility index (Phi) is 6.59. The number of rotatable bonds is 4. The molecule has 2 nitrogen and oxygen atoms in total. The quantitative estimate of drug-likeness (QED) is 0.658. The van der Waals surface area contributed by atoms with Gasteiger partial charge >= 0.3 is 0 Å². The van der Waals surface area contributed by atoms with E-state index in [1.54, 1.807) is 0 Å². The minimum atomic E-state index is 0. The number of nitrogens with zero attached hydrogens (tertiary/aromatic N) is 2. The summed E-state index contributed by atoms with van der Waals surface area (Å²) >= 11 is 0. The summed E-state index contributed by atoms with van der Waals surface area (Å²) in [7, 11) is 0. The first-order valence-electron chi connectivity index (χ1n) is 8.09. The van der Waals surface area contributed by atoms with Crippen molar-refractivity contribution in [1.29, 1.82) is 0 Å². The molecule has 1 heterocycles. The molecular formula is C19H28N2Pd. The first-order chi connectivity index (χ1) is 9.90. The van der Waals surface area contributed by atoms with Crippen LogP contribution in [-0.2, 0) is 33.3 Å². The van der Waals surface area contributed by atoms with Crippen LogP contribution < -0.4 is 0 Å². The van der Waals surface area contributed by atoms with Gasteiger partial charge in [-0.15, -0.1) is 0 Å². The van der Waals surface area contributed by atoms with E-state index in [1.165, 1.54) is 39.2 Å². The smallest absolute Gasteiger partial charge is 0.0703 e. The Labute approximate surface area is 149 Å². The molecule has 124 valence electrons. The molecule has 0 N–H and O–H groups in total. The molecule has 0 aliphatic carbocycles. The van der Waals surface area contributed by atoms with Crippen LogP contribution in [0, 0.1) is 20.8 Å². The minimum Gasteiger partial charge on any atom is -0.266 e. The summed E-state index contributed by atoms with van der Waals surface area (Å²) in [5.41, 5.74) is 9.41. The van der Waals surface area contributed by atoms with E-state index >= 15 is 0 Å². The zero-order chi connectivity index (χ0) is 15.7. The zero-order valence-corrected chi connectivity index (χ0v) is 16.4. The molecule has 0 spiro atoms. The monoisotopic (exact) mass is 390 g/mol. The Balaban J connectivity index is 0.00000242. The SMILES string of the molecule is CCc1nn(C(C)C)c(CC)c1-c1cc(C)c(C)c(C)c1.[Pd]. The van der Waals surface area contributed by atoms with E-state index in [1.807, 2.05) is 0 Å². The summed E-state index contributed by atoms with van der Waals surface area (Å²) in [4.78, 5) is 0. The first kappa shape index (κ1) is 19.1. The molecule has 1 aromatic heterocycles. The van der Waals surface area contributed by atoms with Crippen molar-refractivity contribution in [3.05, 3.63) is 40.2 Å². The standard InChI is InChI=1S/C19H28N2.Pd/c1-8-17-19(18(9-2)21(20-17)12(3)4)16-10-13(5)15(7)14(6)11-16;/h10-12H,8-9H2,1-7H3;. The third kappa shape index (κ3) is 3.37. The molecule has 0 aliphatic heterocycles. The molecule has 1 aromatic carbocycles. The molecule has 0 aliphatic rings. The van der Waals surface area contributed by atoms with Gasteiger partial charge in [-0.25, -0.2) is 0 Å². The average molecular weight is 391 g/mol. The Morgan fingerprint density at radius 2 is 1.55 bits per heavy atom. The molecule has 0 fully saturated rings. The third-order valence-electron chi connectivity index (χ3n) is 4.46. The Hall–Kier alpha value is -0.908. The maximum atomic E-state index is 4.87. The van der Waals surface area contributed by atoms with Crippen LogP contribution in [-0.4, -0.2) is 9.78 Å². The van der Waals surface area contributed by atoms with Gasteiger partial charge in [0.05, 0.1) is 5.69 Å². The van der Waals surface area contributed by atoms with Crippen LogP contribution in [0.15, 0.2) is 12.1 Å². The molecule has 0 saturated heterocycles. The van der Waals surface area contributed by atoms with Crippen LogP contribution in [0.3, 0.4) is 0 Å². The molecule has 22 heavy (non-hydrogen) atoms. The Bertz CT molecular complexity index is 631. The van der Waals surface area contributed by atoms with Gasteiger partial charge in [-0.2, -0.15) is 5.10 Å². The first-order valence-corrected chi connectivity index (χ1v) is 8.09. The largest absolute Gasteiger partial charge is 0.266 e. The summed E-state index contributed by atoms with van der Waals surface area (Å²) < 4.78 is 2.21. The average Bonchev–Trinajstić information content (AvgIpc) is 2.82. The van der Waals surface area contributed by atoms with Crippen molar-refractivity contribution in [2.75, 3.05) is 0 Å². The Morgan fingerprint density at radius 3 is 1.95 bits per heavy atom. The molecule has 0 amide bonds. The summed E-state index contributed by atoms with van der Waals surface area (Å²) in [5.74, 6) is 0. The summed E-state index contributed by atoms with van der Waals surface area (Å²) in [5, 5.41) is 4.87. The van der Waals surface area contributed by atoms with Gasteiger partial charge in [-0.3, -0.25) is 4.68 Å². The van der Waals surface area contributed by atoms with Crippen molar-refractivity contribution in [1.82, 2.24) is 9.78 Å². The van der Waals surface area contributed by atoms with Crippen LogP contribution in [0.4, 0.5) is 0 Å². The van der Waals surface area contributed by atoms with E-state index in [9.17, 15) is 0 Å². The molecule has 0 radical (unpaired) electrons. The third-order valence-corrected chi connectivity index (χ3v) is 4.46. The van der Waals surface area contributed by atoms with Gasteiger partial charge < -0.3 is 0 Å². The predicted molar refractivity (Wildman–Crippen MR) is 91.0 cm³/mol. The molecule has 0 bridgehead atoms. The summed E-state index contributed by atoms with van der Waals surface area (Å²) in [6.07, 6.45) is 2.00. The number of benzene rings is 1. The minimum absolute atomic E-state index is 0. The van der Waals surface area contributed by atoms with Gasteiger partial charge in [-0.1, -0.05) is 26.0 Å². The van der Waals surface area contributed by atoms with Gasteiger partial charge in [0.1, 0.15) is 0 Å². The normalized spacial score (nSPS) is 10.9. The fourth-order valence-corrected chi connectivity index (χ4v) is 3.05. The van der Waals surface area contributed by atoms with Crippen LogP contribution in [0.5, 0.6) is 0 Å². The van der Waals surface area contributed by atoms with Crippen molar-refractivity contribution in [2.24, 2.45) is 0 Å². The van der Waals surface area contributed by atoms with E-state index in [4.69, 9.17) is 5.10 Å².